The smallest absolute Gasteiger partial charge is 0.260 e. The molecule has 120 valence electrons. The molecule has 10 heteroatoms. The topological polar surface area (TPSA) is 43.4 Å². The Bertz CT molecular complexity index is 579. The largest absolute Gasteiger partial charge is 0.425 e. The average Bonchev–Trinajstić information content (AvgIpc) is 2.35. The van der Waals surface area contributed by atoms with Crippen molar-refractivity contribution in [2.75, 3.05) is 6.61 Å². The van der Waals surface area contributed by atoms with Gasteiger partial charge in [0, 0.05) is 0 Å². The van der Waals surface area contributed by atoms with Crippen molar-refractivity contribution in [3.05, 3.63) is 29.8 Å². The summed E-state index contributed by atoms with van der Waals surface area (Å²) in [6, 6.07) is 4.73. The van der Waals surface area contributed by atoms with E-state index < -0.39 is 39.9 Å². The van der Waals surface area contributed by atoms with Gasteiger partial charge in [0.1, 0.15) is 6.61 Å². The molecule has 1 aromatic rings. The second kappa shape index (κ2) is 5.84. The molecule has 1 rings (SSSR count). The Morgan fingerprint density at radius 3 is 2.00 bits per heavy atom. The second-order valence-corrected chi connectivity index (χ2v) is 5.81. The van der Waals surface area contributed by atoms with Crippen molar-refractivity contribution in [3.8, 4) is 0 Å². The molecular formula is C11H10F6O3S. The third kappa shape index (κ3) is 4.60. The van der Waals surface area contributed by atoms with E-state index in [1.165, 1.54) is 12.1 Å². The molecule has 21 heavy (non-hydrogen) atoms. The van der Waals surface area contributed by atoms with E-state index in [9.17, 15) is 34.8 Å². The third-order valence-electron chi connectivity index (χ3n) is 2.37. The Hall–Kier alpha value is -1.29. The number of benzene rings is 1. The van der Waals surface area contributed by atoms with Crippen LogP contribution in [0.5, 0.6) is 0 Å². The lowest BCUT2D eigenvalue weighted by atomic mass is 10.2. The van der Waals surface area contributed by atoms with Gasteiger partial charge < -0.3 is 0 Å². The average molecular weight is 336 g/mol. The molecule has 0 unspecified atom stereocenters. The summed E-state index contributed by atoms with van der Waals surface area (Å²) >= 11 is 0. The summed E-state index contributed by atoms with van der Waals surface area (Å²) in [6.45, 7) is -0.619. The van der Waals surface area contributed by atoms with E-state index in [4.69, 9.17) is 0 Å². The third-order valence-corrected chi connectivity index (χ3v) is 3.65. The summed E-state index contributed by atoms with van der Waals surface area (Å²) in [4.78, 5) is -0.522. The van der Waals surface area contributed by atoms with Gasteiger partial charge in [-0.25, -0.2) is 13.2 Å². The van der Waals surface area contributed by atoms with Gasteiger partial charge in [-0.05, 0) is 19.1 Å². The Morgan fingerprint density at radius 2 is 1.57 bits per heavy atom. The molecule has 0 aliphatic rings. The number of alkyl halides is 6. The fourth-order valence-electron chi connectivity index (χ4n) is 1.24. The van der Waals surface area contributed by atoms with E-state index in [0.717, 1.165) is 12.1 Å². The highest BCUT2D eigenvalue weighted by molar-refractivity contribution is 7.86. The van der Waals surface area contributed by atoms with Crippen LogP contribution in [-0.4, -0.2) is 33.3 Å². The zero-order valence-corrected chi connectivity index (χ0v) is 11.3. The number of aryl methyl sites for hydroxylation is 1. The molecule has 0 heterocycles. The van der Waals surface area contributed by atoms with Crippen LogP contribution in [0.4, 0.5) is 26.3 Å². The van der Waals surface area contributed by atoms with Gasteiger partial charge in [-0.15, -0.1) is 0 Å². The van der Waals surface area contributed by atoms with E-state index in [-0.39, 0.29) is 0 Å². The van der Waals surface area contributed by atoms with Gasteiger partial charge in [0.2, 0.25) is 0 Å². The number of rotatable bonds is 5. The Morgan fingerprint density at radius 1 is 1.10 bits per heavy atom. The molecule has 0 saturated heterocycles. The summed E-state index contributed by atoms with van der Waals surface area (Å²) < 4.78 is 101. The number of hydrogen-bond acceptors (Lipinski definition) is 3. The van der Waals surface area contributed by atoms with Gasteiger partial charge in [-0.3, -0.25) is 4.18 Å². The molecule has 0 aliphatic heterocycles. The predicted molar refractivity (Wildman–Crippen MR) is 60.2 cm³/mol. The summed E-state index contributed by atoms with van der Waals surface area (Å²) in [6.07, 6.45) is -10.3. The normalized spacial score (nSPS) is 15.0. The van der Waals surface area contributed by atoms with Crippen molar-refractivity contribution in [1.29, 1.82) is 0 Å². The first-order valence-electron chi connectivity index (χ1n) is 5.41. The minimum absolute atomic E-state index is 0.522. The van der Waals surface area contributed by atoms with Crippen LogP contribution in [0, 0.1) is 6.92 Å². The molecular weight excluding hydrogens is 326 g/mol. The lowest BCUT2D eigenvalue weighted by Gasteiger charge is -2.22. The van der Waals surface area contributed by atoms with Crippen LogP contribution >= 0.6 is 0 Å². The molecule has 0 radical (unpaired) electrons. The molecule has 0 aromatic heterocycles. The van der Waals surface area contributed by atoms with Gasteiger partial charge in [-0.1, -0.05) is 17.7 Å². The van der Waals surface area contributed by atoms with Crippen molar-refractivity contribution in [2.45, 2.75) is 30.1 Å². The lowest BCUT2D eigenvalue weighted by Crippen LogP contribution is -2.45. The van der Waals surface area contributed by atoms with Gasteiger partial charge in [0.25, 0.3) is 16.3 Å². The van der Waals surface area contributed by atoms with Gasteiger partial charge >= 0.3 is 12.1 Å². The van der Waals surface area contributed by atoms with E-state index in [2.05, 4.69) is 4.18 Å². The lowest BCUT2D eigenvalue weighted by molar-refractivity contribution is -0.249. The quantitative estimate of drug-likeness (QED) is 0.612. The SMILES string of the molecule is Cc1ccc(S(=O)(=O)OCC(F)(F)[C@H](F)C(F)(F)F)cc1. The molecule has 1 aromatic carbocycles. The van der Waals surface area contributed by atoms with E-state index in [0.29, 0.717) is 5.56 Å². The van der Waals surface area contributed by atoms with E-state index in [1.807, 2.05) is 0 Å². The van der Waals surface area contributed by atoms with Crippen molar-refractivity contribution >= 4 is 10.1 Å². The number of halogens is 6. The Balaban J connectivity index is 2.84. The highest BCUT2D eigenvalue weighted by Gasteiger charge is 2.57. The van der Waals surface area contributed by atoms with Crippen molar-refractivity contribution in [3.63, 3.8) is 0 Å². The minimum Gasteiger partial charge on any atom is -0.260 e. The second-order valence-electron chi connectivity index (χ2n) is 4.19. The van der Waals surface area contributed by atoms with Crippen molar-refractivity contribution in [1.82, 2.24) is 0 Å². The van der Waals surface area contributed by atoms with Crippen LogP contribution in [0.2, 0.25) is 0 Å². The maximum absolute atomic E-state index is 12.9. The summed E-state index contributed by atoms with van der Waals surface area (Å²) in [5, 5.41) is 0. The highest BCUT2D eigenvalue weighted by atomic mass is 32.2. The van der Waals surface area contributed by atoms with Gasteiger partial charge in [-0.2, -0.15) is 21.6 Å². The zero-order valence-electron chi connectivity index (χ0n) is 10.5. The van der Waals surface area contributed by atoms with Crippen LogP contribution < -0.4 is 0 Å². The molecule has 0 bridgehead atoms. The van der Waals surface area contributed by atoms with Crippen LogP contribution in [-0.2, 0) is 14.3 Å². The zero-order chi connectivity index (χ0) is 16.5. The first kappa shape index (κ1) is 17.8. The molecule has 3 nitrogen and oxygen atoms in total. The predicted octanol–water partition coefficient (Wildman–Crippen LogP) is 3.24. The maximum atomic E-state index is 12.9. The summed E-state index contributed by atoms with van der Waals surface area (Å²) in [5.41, 5.74) is 0.667. The first-order valence-corrected chi connectivity index (χ1v) is 6.82. The first-order chi connectivity index (χ1) is 9.36. The number of hydrogen-bond donors (Lipinski definition) is 0. The van der Waals surface area contributed by atoms with Gasteiger partial charge in [0.15, 0.2) is 0 Å². The standard InChI is InChI=1S/C11H10F6O3S/c1-7-2-4-8(5-3-7)21(18,19)20-6-10(13,14)9(12)11(15,16)17/h2-5,9H,6H2,1H3/t9-/m0/s1. The monoisotopic (exact) mass is 336 g/mol. The fraction of sp³-hybridized carbons (Fsp3) is 0.455. The van der Waals surface area contributed by atoms with E-state index in [1.54, 1.807) is 6.92 Å². The molecule has 0 fully saturated rings. The van der Waals surface area contributed by atoms with Crippen molar-refractivity contribution in [2.24, 2.45) is 0 Å². The Labute approximate surface area is 116 Å². The van der Waals surface area contributed by atoms with Gasteiger partial charge in [0.05, 0.1) is 4.90 Å². The molecule has 0 spiro atoms. The van der Waals surface area contributed by atoms with Crippen LogP contribution in [0.1, 0.15) is 5.56 Å². The summed E-state index contributed by atoms with van der Waals surface area (Å²) in [5.74, 6) is -5.02. The minimum atomic E-state index is -5.82. The van der Waals surface area contributed by atoms with Crippen LogP contribution in [0.15, 0.2) is 29.2 Å². The van der Waals surface area contributed by atoms with Crippen LogP contribution in [0.3, 0.4) is 0 Å². The molecule has 1 atom stereocenters. The maximum Gasteiger partial charge on any atom is 0.425 e. The van der Waals surface area contributed by atoms with Crippen LogP contribution in [0.25, 0.3) is 0 Å². The molecule has 0 saturated carbocycles. The fourth-order valence-corrected chi connectivity index (χ4v) is 2.16. The summed E-state index contributed by atoms with van der Waals surface area (Å²) in [7, 11) is -4.70. The molecule has 0 N–H and O–H groups in total. The highest BCUT2D eigenvalue weighted by Crippen LogP contribution is 2.35. The molecule has 0 aliphatic carbocycles. The Kier molecular flexibility index (Phi) is 4.94. The molecule has 0 amide bonds. The van der Waals surface area contributed by atoms with Crippen molar-refractivity contribution < 1.29 is 38.9 Å². The van der Waals surface area contributed by atoms with E-state index >= 15 is 0 Å².